The van der Waals surface area contributed by atoms with Crippen molar-refractivity contribution in [1.82, 2.24) is 9.21 Å². The van der Waals surface area contributed by atoms with E-state index in [0.717, 1.165) is 12.8 Å². The molecule has 0 radical (unpaired) electrons. The van der Waals surface area contributed by atoms with Gasteiger partial charge in [0.2, 0.25) is 10.0 Å². The Labute approximate surface area is 177 Å². The number of amides is 1. The topological polar surface area (TPSA) is 101 Å². The minimum atomic E-state index is -3.69. The first-order valence-corrected chi connectivity index (χ1v) is 11.7. The standard InChI is InChI=1S/C21H28N2O6S/c1-15(24)17-5-7-19(8-6-17)30(27,28)23-13-9-18(10-14-23)21(26)29-16(2)20(25)22-11-3-4-12-22/h5-8,16,18H,3-4,9-14H2,1-2H3/t16-/m0/s1. The average molecular weight is 437 g/mol. The molecule has 9 heteroatoms. The number of ether oxygens (including phenoxy) is 1. The summed E-state index contributed by atoms with van der Waals surface area (Å²) in [6.07, 6.45) is 1.80. The second kappa shape index (κ2) is 9.26. The summed E-state index contributed by atoms with van der Waals surface area (Å²) >= 11 is 0. The minimum absolute atomic E-state index is 0.123. The molecule has 2 heterocycles. The van der Waals surface area contributed by atoms with Crippen LogP contribution in [-0.2, 0) is 24.3 Å². The van der Waals surface area contributed by atoms with Crippen LogP contribution >= 0.6 is 0 Å². The lowest BCUT2D eigenvalue weighted by Crippen LogP contribution is -2.43. The van der Waals surface area contributed by atoms with Gasteiger partial charge in [-0.3, -0.25) is 14.4 Å². The molecule has 0 N–H and O–H groups in total. The highest BCUT2D eigenvalue weighted by molar-refractivity contribution is 7.89. The van der Waals surface area contributed by atoms with Crippen LogP contribution in [0.1, 0.15) is 49.9 Å². The normalized spacial score (nSPS) is 19.5. The van der Waals surface area contributed by atoms with Crippen LogP contribution in [-0.4, -0.2) is 67.6 Å². The summed E-state index contributed by atoms with van der Waals surface area (Å²) in [5.41, 5.74) is 0.452. The first-order valence-electron chi connectivity index (χ1n) is 10.3. The maximum Gasteiger partial charge on any atom is 0.309 e. The Hall–Kier alpha value is -2.26. The molecule has 2 aliphatic rings. The van der Waals surface area contributed by atoms with Crippen molar-refractivity contribution in [3.05, 3.63) is 29.8 Å². The van der Waals surface area contributed by atoms with Crippen LogP contribution in [0.2, 0.25) is 0 Å². The molecule has 1 amide bonds. The van der Waals surface area contributed by atoms with Gasteiger partial charge in [0.05, 0.1) is 10.8 Å². The molecule has 30 heavy (non-hydrogen) atoms. The number of esters is 1. The van der Waals surface area contributed by atoms with Gasteiger partial charge in [-0.15, -0.1) is 0 Å². The van der Waals surface area contributed by atoms with Crippen LogP contribution in [0.25, 0.3) is 0 Å². The molecule has 1 aromatic carbocycles. The van der Waals surface area contributed by atoms with Crippen LogP contribution in [0, 0.1) is 5.92 Å². The average Bonchev–Trinajstić information content (AvgIpc) is 3.28. The number of rotatable bonds is 6. The number of hydrogen-bond acceptors (Lipinski definition) is 6. The lowest BCUT2D eigenvalue weighted by atomic mass is 9.98. The molecule has 164 valence electrons. The fourth-order valence-corrected chi connectivity index (χ4v) is 5.33. The van der Waals surface area contributed by atoms with E-state index in [4.69, 9.17) is 4.74 Å². The molecular formula is C21H28N2O6S. The van der Waals surface area contributed by atoms with Gasteiger partial charge >= 0.3 is 5.97 Å². The Kier molecular flexibility index (Phi) is 6.92. The lowest BCUT2D eigenvalue weighted by molar-refractivity contribution is -0.163. The molecule has 8 nitrogen and oxygen atoms in total. The van der Waals surface area contributed by atoms with Gasteiger partial charge in [-0.2, -0.15) is 4.31 Å². The van der Waals surface area contributed by atoms with Crippen molar-refractivity contribution in [3.8, 4) is 0 Å². The summed E-state index contributed by atoms with van der Waals surface area (Å²) in [6.45, 7) is 4.81. The molecule has 1 aromatic rings. The van der Waals surface area contributed by atoms with E-state index >= 15 is 0 Å². The van der Waals surface area contributed by atoms with Gasteiger partial charge in [0, 0.05) is 31.7 Å². The summed E-state index contributed by atoms with van der Waals surface area (Å²) in [6, 6.07) is 5.85. The Morgan fingerprint density at radius 2 is 1.57 bits per heavy atom. The van der Waals surface area contributed by atoms with E-state index in [0.29, 0.717) is 31.5 Å². The number of nitrogens with zero attached hydrogens (tertiary/aromatic N) is 2. The predicted molar refractivity (Wildman–Crippen MR) is 109 cm³/mol. The van der Waals surface area contributed by atoms with Gasteiger partial charge in [0.25, 0.3) is 5.91 Å². The first-order chi connectivity index (χ1) is 14.2. The van der Waals surface area contributed by atoms with Crippen molar-refractivity contribution in [2.24, 2.45) is 5.92 Å². The van der Waals surface area contributed by atoms with Gasteiger partial charge in [-0.05, 0) is 51.7 Å². The molecule has 0 spiro atoms. The lowest BCUT2D eigenvalue weighted by Gasteiger charge is -2.31. The zero-order valence-electron chi connectivity index (χ0n) is 17.4. The largest absolute Gasteiger partial charge is 0.452 e. The van der Waals surface area contributed by atoms with Crippen LogP contribution in [0.5, 0.6) is 0 Å². The second-order valence-corrected chi connectivity index (χ2v) is 9.81. The maximum absolute atomic E-state index is 12.8. The number of hydrogen-bond donors (Lipinski definition) is 0. The van der Waals surface area contributed by atoms with E-state index in [1.165, 1.54) is 35.5 Å². The summed E-state index contributed by atoms with van der Waals surface area (Å²) in [7, 11) is -3.69. The molecule has 0 unspecified atom stereocenters. The van der Waals surface area contributed by atoms with Crippen molar-refractivity contribution in [1.29, 1.82) is 0 Å². The maximum atomic E-state index is 12.8. The van der Waals surface area contributed by atoms with Crippen LogP contribution in [0.15, 0.2) is 29.2 Å². The third-order valence-electron chi connectivity index (χ3n) is 5.74. The van der Waals surface area contributed by atoms with Gasteiger partial charge in [0.1, 0.15) is 0 Å². The highest BCUT2D eigenvalue weighted by Gasteiger charge is 2.34. The van der Waals surface area contributed by atoms with Crippen LogP contribution in [0.3, 0.4) is 0 Å². The summed E-state index contributed by atoms with van der Waals surface area (Å²) < 4.78 is 32.4. The fraction of sp³-hybridized carbons (Fsp3) is 0.571. The highest BCUT2D eigenvalue weighted by Crippen LogP contribution is 2.25. The Balaban J connectivity index is 1.55. The fourth-order valence-electron chi connectivity index (χ4n) is 3.86. The number of sulfonamides is 1. The number of benzene rings is 1. The van der Waals surface area contributed by atoms with E-state index in [1.807, 2.05) is 0 Å². The Morgan fingerprint density at radius 1 is 1.00 bits per heavy atom. The van der Waals surface area contributed by atoms with Crippen LogP contribution in [0.4, 0.5) is 0 Å². The SMILES string of the molecule is CC(=O)c1ccc(S(=O)(=O)N2CCC(C(=O)O[C@@H](C)C(=O)N3CCCC3)CC2)cc1. The van der Waals surface area contributed by atoms with Crippen molar-refractivity contribution in [3.63, 3.8) is 0 Å². The van der Waals surface area contributed by atoms with Gasteiger partial charge in [0.15, 0.2) is 11.9 Å². The molecular weight excluding hydrogens is 408 g/mol. The van der Waals surface area contributed by atoms with Gasteiger partial charge in [-0.25, -0.2) is 8.42 Å². The summed E-state index contributed by atoms with van der Waals surface area (Å²) in [5.74, 6) is -1.17. The molecule has 1 atom stereocenters. The molecule has 2 fully saturated rings. The van der Waals surface area contributed by atoms with E-state index < -0.39 is 28.0 Å². The third-order valence-corrected chi connectivity index (χ3v) is 7.66. The molecule has 3 rings (SSSR count). The highest BCUT2D eigenvalue weighted by atomic mass is 32.2. The van der Waals surface area contributed by atoms with Gasteiger partial charge in [-0.1, -0.05) is 12.1 Å². The molecule has 0 aromatic heterocycles. The van der Waals surface area contributed by atoms with E-state index in [-0.39, 0.29) is 29.7 Å². The number of likely N-dealkylation sites (tertiary alicyclic amines) is 1. The van der Waals surface area contributed by atoms with Crippen molar-refractivity contribution < 1.29 is 27.5 Å². The third kappa shape index (κ3) is 4.89. The van der Waals surface area contributed by atoms with E-state index in [1.54, 1.807) is 11.8 Å². The number of carbonyl (C=O) groups excluding carboxylic acids is 3. The van der Waals surface area contributed by atoms with E-state index in [9.17, 15) is 22.8 Å². The zero-order valence-corrected chi connectivity index (χ0v) is 18.2. The number of carbonyl (C=O) groups is 3. The second-order valence-electron chi connectivity index (χ2n) is 7.87. The molecule has 2 saturated heterocycles. The van der Waals surface area contributed by atoms with Crippen LogP contribution < -0.4 is 0 Å². The smallest absolute Gasteiger partial charge is 0.309 e. The molecule has 0 saturated carbocycles. The van der Waals surface area contributed by atoms with Crippen molar-refractivity contribution in [2.45, 2.75) is 50.5 Å². The molecule has 0 bridgehead atoms. The quantitative estimate of drug-likeness (QED) is 0.498. The first kappa shape index (κ1) is 22.4. The summed E-state index contributed by atoms with van der Waals surface area (Å²) in [4.78, 5) is 38.0. The van der Waals surface area contributed by atoms with Gasteiger partial charge < -0.3 is 9.64 Å². The van der Waals surface area contributed by atoms with Crippen molar-refractivity contribution >= 4 is 27.7 Å². The zero-order chi connectivity index (χ0) is 21.9. The minimum Gasteiger partial charge on any atom is -0.452 e. The Morgan fingerprint density at radius 3 is 2.10 bits per heavy atom. The van der Waals surface area contributed by atoms with Crippen molar-refractivity contribution in [2.75, 3.05) is 26.2 Å². The monoisotopic (exact) mass is 436 g/mol. The predicted octanol–water partition coefficient (Wildman–Crippen LogP) is 1.84. The number of ketones is 1. The molecule has 0 aliphatic carbocycles. The summed E-state index contributed by atoms with van der Waals surface area (Å²) in [5, 5.41) is 0. The number of piperidine rings is 1. The Bertz CT molecular complexity index is 898. The van der Waals surface area contributed by atoms with E-state index in [2.05, 4.69) is 0 Å². The molecule has 2 aliphatic heterocycles. The number of Topliss-reactive ketones (excluding diaryl/α,β-unsaturated/α-hetero) is 1.